The van der Waals surface area contributed by atoms with Crippen molar-refractivity contribution in [3.8, 4) is 28.1 Å². The zero-order valence-corrected chi connectivity index (χ0v) is 23.4. The molecule has 1 aromatic heterocycles. The van der Waals surface area contributed by atoms with E-state index in [0.717, 1.165) is 7.11 Å². The Morgan fingerprint density at radius 1 is 0.618 bits per heavy atom. The van der Waals surface area contributed by atoms with Crippen molar-refractivity contribution < 1.29 is 17.9 Å². The number of rotatable bonds is 3. The van der Waals surface area contributed by atoms with Crippen LogP contribution in [0.5, 0.6) is 5.75 Å². The molecule has 0 radical (unpaired) electrons. The molecule has 2 nitrogen and oxygen atoms in total. The first-order chi connectivity index (χ1) is 15.6. The molecular formula is C19H4Cl10F3NO. The van der Waals surface area contributed by atoms with E-state index in [1.54, 1.807) is 0 Å². The fourth-order valence-corrected chi connectivity index (χ4v) is 5.55. The van der Waals surface area contributed by atoms with Crippen LogP contribution >= 0.6 is 116 Å². The summed E-state index contributed by atoms with van der Waals surface area (Å²) in [5.74, 6) is -0.287. The SMILES string of the molecule is COc1c(-c2c(Cl)c(Cl)c(Cl)c(Cl)c2Cl)cc(C(F)(F)F)nc1-c1c(Cl)c(Cl)c(Cl)c(Cl)c1Cl. The van der Waals surface area contributed by atoms with Crippen molar-refractivity contribution in [3.05, 3.63) is 62.0 Å². The van der Waals surface area contributed by atoms with E-state index in [2.05, 4.69) is 4.98 Å². The third kappa shape index (κ3) is 4.83. The van der Waals surface area contributed by atoms with Crippen LogP contribution in [-0.2, 0) is 6.18 Å². The highest BCUT2D eigenvalue weighted by atomic mass is 35.5. The summed E-state index contributed by atoms with van der Waals surface area (Å²) in [6.07, 6.45) is -4.95. The van der Waals surface area contributed by atoms with Gasteiger partial charge in [-0.15, -0.1) is 0 Å². The monoisotopic (exact) mass is 669 g/mol. The van der Waals surface area contributed by atoms with E-state index >= 15 is 0 Å². The van der Waals surface area contributed by atoms with Crippen molar-refractivity contribution >= 4 is 116 Å². The molecule has 34 heavy (non-hydrogen) atoms. The number of nitrogens with zero attached hydrogens (tertiary/aromatic N) is 1. The molecule has 0 spiro atoms. The standard InChI is InChI=1S/C19H4Cl10F3NO/c1-34-18-3(5-7(20)11(24)15(28)12(25)8(5)21)2-4(19(30,31)32)33-17(18)6-9(22)13(26)16(29)14(27)10(6)23/h2H,1H3. The number of benzene rings is 2. The summed E-state index contributed by atoms with van der Waals surface area (Å²) in [7, 11) is 1.15. The first-order valence-corrected chi connectivity index (χ1v) is 12.1. The summed E-state index contributed by atoms with van der Waals surface area (Å²) in [5.41, 5.74) is -2.68. The number of methoxy groups -OCH3 is 1. The maximum absolute atomic E-state index is 13.9. The van der Waals surface area contributed by atoms with E-state index in [9.17, 15) is 13.2 Å². The second-order valence-corrected chi connectivity index (χ2v) is 10.1. The van der Waals surface area contributed by atoms with E-state index in [4.69, 9.17) is 121 Å². The average Bonchev–Trinajstić information content (AvgIpc) is 2.78. The Bertz CT molecular complexity index is 1190. The minimum Gasteiger partial charge on any atom is -0.494 e. The molecule has 0 aliphatic carbocycles. The maximum atomic E-state index is 13.9. The van der Waals surface area contributed by atoms with E-state index in [-0.39, 0.29) is 72.7 Å². The molecule has 182 valence electrons. The van der Waals surface area contributed by atoms with E-state index < -0.39 is 17.6 Å². The number of alkyl halides is 3. The predicted molar refractivity (Wildman–Crippen MR) is 137 cm³/mol. The third-order valence-electron chi connectivity index (χ3n) is 4.39. The van der Waals surface area contributed by atoms with Gasteiger partial charge in [0.25, 0.3) is 0 Å². The van der Waals surface area contributed by atoms with Gasteiger partial charge >= 0.3 is 6.18 Å². The summed E-state index contributed by atoms with van der Waals surface area (Å²) in [5, 5.41) is -2.73. The lowest BCUT2D eigenvalue weighted by molar-refractivity contribution is -0.141. The third-order valence-corrected chi connectivity index (χ3v) is 8.95. The topological polar surface area (TPSA) is 22.1 Å². The van der Waals surface area contributed by atoms with Crippen molar-refractivity contribution in [2.24, 2.45) is 0 Å². The van der Waals surface area contributed by atoms with Gasteiger partial charge in [0.2, 0.25) is 0 Å². The number of hydrogen-bond donors (Lipinski definition) is 0. The van der Waals surface area contributed by atoms with Gasteiger partial charge < -0.3 is 4.74 Å². The van der Waals surface area contributed by atoms with Crippen LogP contribution < -0.4 is 4.74 Å². The molecule has 3 rings (SSSR count). The van der Waals surface area contributed by atoms with Gasteiger partial charge in [-0.2, -0.15) is 13.2 Å². The van der Waals surface area contributed by atoms with Crippen LogP contribution in [0, 0.1) is 0 Å². The quantitative estimate of drug-likeness (QED) is 0.204. The first-order valence-electron chi connectivity index (χ1n) is 8.34. The second-order valence-electron chi connectivity index (χ2n) is 6.32. The number of hydrogen-bond acceptors (Lipinski definition) is 2. The number of ether oxygens (including phenoxy) is 1. The minimum absolute atomic E-state index is 0.200. The summed E-state index contributed by atoms with van der Waals surface area (Å²) < 4.78 is 47.0. The normalized spacial score (nSPS) is 11.8. The Balaban J connectivity index is 2.60. The molecule has 15 heteroatoms. The molecule has 0 aliphatic rings. The van der Waals surface area contributed by atoms with Crippen LogP contribution in [0.4, 0.5) is 13.2 Å². The highest BCUT2D eigenvalue weighted by Crippen LogP contribution is 2.55. The van der Waals surface area contributed by atoms with Gasteiger partial charge in [-0.05, 0) is 6.07 Å². The van der Waals surface area contributed by atoms with Crippen molar-refractivity contribution in [1.82, 2.24) is 4.98 Å². The minimum atomic E-state index is -4.95. The van der Waals surface area contributed by atoms with Gasteiger partial charge in [-0.1, -0.05) is 116 Å². The number of halogens is 13. The Kier molecular flexibility index (Phi) is 8.80. The molecule has 0 amide bonds. The van der Waals surface area contributed by atoms with Crippen LogP contribution in [0.15, 0.2) is 6.07 Å². The van der Waals surface area contributed by atoms with Crippen molar-refractivity contribution in [2.45, 2.75) is 6.18 Å². The van der Waals surface area contributed by atoms with Crippen molar-refractivity contribution in [3.63, 3.8) is 0 Å². The van der Waals surface area contributed by atoms with Gasteiger partial charge in [-0.25, -0.2) is 4.98 Å². The first kappa shape index (κ1) is 28.6. The molecule has 2 aromatic carbocycles. The molecule has 0 saturated carbocycles. The molecular weight excluding hydrogens is 670 g/mol. The van der Waals surface area contributed by atoms with E-state index in [1.807, 2.05) is 0 Å². The molecule has 0 atom stereocenters. The van der Waals surface area contributed by atoms with Gasteiger partial charge in [0.05, 0.1) is 57.3 Å². The smallest absolute Gasteiger partial charge is 0.433 e. The van der Waals surface area contributed by atoms with Crippen LogP contribution in [0.3, 0.4) is 0 Å². The molecule has 0 unspecified atom stereocenters. The van der Waals surface area contributed by atoms with E-state index in [0.29, 0.717) is 6.07 Å². The zero-order chi connectivity index (χ0) is 25.9. The van der Waals surface area contributed by atoms with E-state index in [1.165, 1.54) is 0 Å². The number of pyridine rings is 1. The Labute approximate surface area is 240 Å². The van der Waals surface area contributed by atoms with Crippen molar-refractivity contribution in [2.75, 3.05) is 7.11 Å². The average molecular weight is 674 g/mol. The molecule has 3 aromatic rings. The highest BCUT2D eigenvalue weighted by Gasteiger charge is 2.37. The molecule has 1 heterocycles. The van der Waals surface area contributed by atoms with Gasteiger partial charge in [0.15, 0.2) is 5.75 Å². The summed E-state index contributed by atoms with van der Waals surface area (Å²) in [4.78, 5) is 3.67. The lowest BCUT2D eigenvalue weighted by atomic mass is 9.99. The lowest BCUT2D eigenvalue weighted by Crippen LogP contribution is -2.11. The molecule has 0 bridgehead atoms. The molecule has 0 fully saturated rings. The van der Waals surface area contributed by atoms with Crippen molar-refractivity contribution in [1.29, 1.82) is 0 Å². The van der Waals surface area contributed by atoms with Gasteiger partial charge in [-0.3, -0.25) is 0 Å². The maximum Gasteiger partial charge on any atom is 0.433 e. The molecule has 0 saturated heterocycles. The van der Waals surface area contributed by atoms with Crippen LogP contribution in [0.1, 0.15) is 5.69 Å². The van der Waals surface area contributed by atoms with Crippen LogP contribution in [0.2, 0.25) is 50.2 Å². The summed E-state index contributed by atoms with van der Waals surface area (Å²) >= 11 is 61.7. The summed E-state index contributed by atoms with van der Waals surface area (Å²) in [6.45, 7) is 0. The van der Waals surface area contributed by atoms with Crippen LogP contribution in [0.25, 0.3) is 22.4 Å². The lowest BCUT2D eigenvalue weighted by Gasteiger charge is -2.21. The summed E-state index contributed by atoms with van der Waals surface area (Å²) in [6, 6.07) is 0.636. The number of aromatic nitrogens is 1. The molecule has 0 aliphatic heterocycles. The zero-order valence-electron chi connectivity index (χ0n) is 15.8. The Morgan fingerprint density at radius 2 is 0.971 bits per heavy atom. The molecule has 0 N–H and O–H groups in total. The largest absolute Gasteiger partial charge is 0.494 e. The Morgan fingerprint density at radius 3 is 1.32 bits per heavy atom. The highest BCUT2D eigenvalue weighted by molar-refractivity contribution is 6.57. The van der Waals surface area contributed by atoms with Gasteiger partial charge in [0.1, 0.15) is 11.4 Å². The fraction of sp³-hybridized carbons (Fsp3) is 0.105. The predicted octanol–water partition coefficient (Wildman–Crippen LogP) is 12.0. The fourth-order valence-electron chi connectivity index (χ4n) is 2.89. The van der Waals surface area contributed by atoms with Gasteiger partial charge in [0, 0.05) is 16.7 Å². The van der Waals surface area contributed by atoms with Crippen LogP contribution in [-0.4, -0.2) is 12.1 Å². The Hall–Kier alpha value is 0.0800. The second kappa shape index (κ2) is 10.4.